The number of fused-ring (bicyclic) bond motifs is 1. The standard InChI is InChI=1S/C13H10O3/c1-9(14)16-13(15)12-8-4-6-10-5-2-3-7-11(10)12/h2-8H,1H3. The van der Waals surface area contributed by atoms with Gasteiger partial charge in [0.2, 0.25) is 0 Å². The fraction of sp³-hybridized carbons (Fsp3) is 0.0769. The monoisotopic (exact) mass is 214 g/mol. The molecule has 0 bridgehead atoms. The minimum atomic E-state index is -0.607. The van der Waals surface area contributed by atoms with Crippen molar-refractivity contribution in [2.75, 3.05) is 0 Å². The Morgan fingerprint density at radius 2 is 1.69 bits per heavy atom. The van der Waals surface area contributed by atoms with Crippen molar-refractivity contribution in [3.8, 4) is 0 Å². The number of benzene rings is 2. The Labute approximate surface area is 92.6 Å². The first-order valence-corrected chi connectivity index (χ1v) is 4.89. The van der Waals surface area contributed by atoms with E-state index in [0.29, 0.717) is 5.56 Å². The molecule has 0 aromatic heterocycles. The summed E-state index contributed by atoms with van der Waals surface area (Å²) in [7, 11) is 0. The molecule has 0 fully saturated rings. The topological polar surface area (TPSA) is 43.4 Å². The van der Waals surface area contributed by atoms with Gasteiger partial charge in [0, 0.05) is 6.92 Å². The van der Waals surface area contributed by atoms with Crippen molar-refractivity contribution >= 4 is 22.7 Å². The van der Waals surface area contributed by atoms with Gasteiger partial charge < -0.3 is 4.74 Å². The molecule has 3 nitrogen and oxygen atoms in total. The maximum atomic E-state index is 11.6. The van der Waals surface area contributed by atoms with Crippen LogP contribution in [0.5, 0.6) is 0 Å². The molecular weight excluding hydrogens is 204 g/mol. The Balaban J connectivity index is 2.52. The van der Waals surface area contributed by atoms with Gasteiger partial charge in [-0.1, -0.05) is 36.4 Å². The van der Waals surface area contributed by atoms with E-state index in [9.17, 15) is 9.59 Å². The number of hydrogen-bond donors (Lipinski definition) is 0. The van der Waals surface area contributed by atoms with Gasteiger partial charge in [0.1, 0.15) is 0 Å². The van der Waals surface area contributed by atoms with Crippen LogP contribution in [0.1, 0.15) is 17.3 Å². The van der Waals surface area contributed by atoms with Crippen LogP contribution < -0.4 is 0 Å². The van der Waals surface area contributed by atoms with E-state index in [0.717, 1.165) is 10.8 Å². The molecule has 0 radical (unpaired) electrons. The van der Waals surface area contributed by atoms with Crippen LogP contribution in [0, 0.1) is 0 Å². The zero-order valence-corrected chi connectivity index (χ0v) is 8.77. The summed E-state index contributed by atoms with van der Waals surface area (Å²) in [4.78, 5) is 22.3. The lowest BCUT2D eigenvalue weighted by molar-refractivity contribution is -0.135. The van der Waals surface area contributed by atoms with E-state index in [1.807, 2.05) is 30.3 Å². The number of carbonyl (C=O) groups is 2. The van der Waals surface area contributed by atoms with Gasteiger partial charge in [-0.15, -0.1) is 0 Å². The fourth-order valence-electron chi connectivity index (χ4n) is 1.59. The summed E-state index contributed by atoms with van der Waals surface area (Å²) in [5.41, 5.74) is 0.410. The van der Waals surface area contributed by atoms with Gasteiger partial charge in [0.25, 0.3) is 0 Å². The van der Waals surface area contributed by atoms with Crippen molar-refractivity contribution in [2.45, 2.75) is 6.92 Å². The molecule has 0 heterocycles. The third-order valence-electron chi connectivity index (χ3n) is 2.25. The van der Waals surface area contributed by atoms with Crippen molar-refractivity contribution in [1.82, 2.24) is 0 Å². The number of rotatable bonds is 1. The highest BCUT2D eigenvalue weighted by molar-refractivity contribution is 6.07. The molecule has 0 N–H and O–H groups in total. The number of carbonyl (C=O) groups excluding carboxylic acids is 2. The summed E-state index contributed by atoms with van der Waals surface area (Å²) < 4.78 is 4.57. The molecule has 0 saturated heterocycles. The molecule has 0 atom stereocenters. The Morgan fingerprint density at radius 1 is 1.00 bits per heavy atom. The lowest BCUT2D eigenvalue weighted by Crippen LogP contribution is -2.09. The molecule has 80 valence electrons. The quantitative estimate of drug-likeness (QED) is 0.541. The van der Waals surface area contributed by atoms with Crippen molar-refractivity contribution in [3.05, 3.63) is 48.0 Å². The van der Waals surface area contributed by atoms with E-state index in [1.165, 1.54) is 6.92 Å². The highest BCUT2D eigenvalue weighted by atomic mass is 16.6. The molecule has 0 unspecified atom stereocenters. The summed E-state index contributed by atoms with van der Waals surface area (Å²) in [6.07, 6.45) is 0. The van der Waals surface area contributed by atoms with E-state index in [2.05, 4.69) is 4.74 Å². The molecule has 2 aromatic carbocycles. The van der Waals surface area contributed by atoms with Gasteiger partial charge in [-0.2, -0.15) is 0 Å². The zero-order chi connectivity index (χ0) is 11.5. The predicted molar refractivity (Wildman–Crippen MR) is 60.0 cm³/mol. The Kier molecular flexibility index (Phi) is 2.68. The summed E-state index contributed by atoms with van der Waals surface area (Å²) in [6, 6.07) is 12.8. The first-order valence-electron chi connectivity index (χ1n) is 4.89. The number of esters is 2. The molecule has 0 amide bonds. The van der Waals surface area contributed by atoms with Crippen LogP contribution in [-0.4, -0.2) is 11.9 Å². The first-order chi connectivity index (χ1) is 7.68. The maximum absolute atomic E-state index is 11.6. The highest BCUT2D eigenvalue weighted by Gasteiger charge is 2.12. The van der Waals surface area contributed by atoms with Crippen LogP contribution in [0.15, 0.2) is 42.5 Å². The van der Waals surface area contributed by atoms with Crippen LogP contribution in [0.25, 0.3) is 10.8 Å². The van der Waals surface area contributed by atoms with Gasteiger partial charge in [0.15, 0.2) is 0 Å². The molecule has 2 rings (SSSR count). The second-order valence-electron chi connectivity index (χ2n) is 3.41. The number of hydrogen-bond acceptors (Lipinski definition) is 3. The SMILES string of the molecule is CC(=O)OC(=O)c1cccc2ccccc12. The van der Waals surface area contributed by atoms with E-state index in [1.54, 1.807) is 12.1 Å². The minimum absolute atomic E-state index is 0.410. The van der Waals surface area contributed by atoms with Gasteiger partial charge in [-0.3, -0.25) is 4.79 Å². The van der Waals surface area contributed by atoms with Crippen molar-refractivity contribution in [3.63, 3.8) is 0 Å². The van der Waals surface area contributed by atoms with Gasteiger partial charge in [0.05, 0.1) is 5.56 Å². The van der Waals surface area contributed by atoms with Crippen molar-refractivity contribution in [2.24, 2.45) is 0 Å². The smallest absolute Gasteiger partial charge is 0.346 e. The summed E-state index contributed by atoms with van der Waals surface area (Å²) >= 11 is 0. The van der Waals surface area contributed by atoms with Crippen molar-refractivity contribution < 1.29 is 14.3 Å². The normalized spacial score (nSPS) is 10.1. The van der Waals surface area contributed by atoms with Crippen LogP contribution >= 0.6 is 0 Å². The molecule has 16 heavy (non-hydrogen) atoms. The second-order valence-corrected chi connectivity index (χ2v) is 3.41. The Bertz CT molecular complexity index is 553. The molecule has 0 saturated carbocycles. The lowest BCUT2D eigenvalue weighted by Gasteiger charge is -2.04. The van der Waals surface area contributed by atoms with Gasteiger partial charge >= 0.3 is 11.9 Å². The summed E-state index contributed by atoms with van der Waals surface area (Å²) in [5.74, 6) is -1.21. The Hall–Kier alpha value is -2.16. The molecule has 0 aliphatic rings. The average molecular weight is 214 g/mol. The van der Waals surface area contributed by atoms with E-state index < -0.39 is 11.9 Å². The molecular formula is C13H10O3. The highest BCUT2D eigenvalue weighted by Crippen LogP contribution is 2.19. The molecule has 3 heteroatoms. The van der Waals surface area contributed by atoms with E-state index in [-0.39, 0.29) is 0 Å². The maximum Gasteiger partial charge on any atom is 0.346 e. The molecule has 0 aliphatic carbocycles. The minimum Gasteiger partial charge on any atom is -0.390 e. The third-order valence-corrected chi connectivity index (χ3v) is 2.25. The molecule has 2 aromatic rings. The third kappa shape index (κ3) is 1.93. The number of ether oxygens (including phenoxy) is 1. The van der Waals surface area contributed by atoms with Crippen LogP contribution in [0.3, 0.4) is 0 Å². The van der Waals surface area contributed by atoms with Gasteiger partial charge in [-0.25, -0.2) is 4.79 Å². The first kappa shape index (κ1) is 10.4. The second kappa shape index (κ2) is 4.14. The van der Waals surface area contributed by atoms with E-state index >= 15 is 0 Å². The fourth-order valence-corrected chi connectivity index (χ4v) is 1.59. The summed E-state index contributed by atoms with van der Waals surface area (Å²) in [5, 5.41) is 1.73. The average Bonchev–Trinajstić information content (AvgIpc) is 2.27. The molecule has 0 spiro atoms. The predicted octanol–water partition coefficient (Wildman–Crippen LogP) is 2.54. The van der Waals surface area contributed by atoms with Crippen molar-refractivity contribution in [1.29, 1.82) is 0 Å². The van der Waals surface area contributed by atoms with Crippen LogP contribution in [0.2, 0.25) is 0 Å². The van der Waals surface area contributed by atoms with Crippen LogP contribution in [0.4, 0.5) is 0 Å². The summed E-state index contributed by atoms with van der Waals surface area (Å²) in [6.45, 7) is 1.21. The Morgan fingerprint density at radius 3 is 2.44 bits per heavy atom. The molecule has 0 aliphatic heterocycles. The largest absolute Gasteiger partial charge is 0.390 e. The van der Waals surface area contributed by atoms with E-state index in [4.69, 9.17) is 0 Å². The zero-order valence-electron chi connectivity index (χ0n) is 8.77. The van der Waals surface area contributed by atoms with Crippen LogP contribution in [-0.2, 0) is 9.53 Å². The van der Waals surface area contributed by atoms with Gasteiger partial charge in [-0.05, 0) is 16.8 Å². The lowest BCUT2D eigenvalue weighted by atomic mass is 10.1.